The molecule has 0 saturated carbocycles. The maximum absolute atomic E-state index is 12.3. The molecule has 0 spiro atoms. The molecule has 0 aromatic heterocycles. The van der Waals surface area contributed by atoms with Gasteiger partial charge in [-0.15, -0.1) is 0 Å². The first-order valence-electron chi connectivity index (χ1n) is 6.44. The maximum Gasteiger partial charge on any atom is 0.243 e. The highest BCUT2D eigenvalue weighted by Gasteiger charge is 2.26. The number of carbonyl (C=O) groups excluding carboxylic acids is 1. The zero-order valence-electron chi connectivity index (χ0n) is 11.3. The number of aromatic hydroxyl groups is 1. The SMILES string of the molecule is CN(CC(=O)N1CCCC1)S(=O)(=O)c1cccc(O)c1. The molecule has 1 aliphatic heterocycles. The minimum Gasteiger partial charge on any atom is -0.508 e. The van der Waals surface area contributed by atoms with Crippen LogP contribution in [0.1, 0.15) is 12.8 Å². The average Bonchev–Trinajstić information content (AvgIpc) is 2.92. The number of amides is 1. The highest BCUT2D eigenvalue weighted by atomic mass is 32.2. The first-order chi connectivity index (χ1) is 9.41. The Bertz CT molecular complexity index is 594. The summed E-state index contributed by atoms with van der Waals surface area (Å²) < 4.78 is 25.6. The summed E-state index contributed by atoms with van der Waals surface area (Å²) in [4.78, 5) is 13.6. The van der Waals surface area contributed by atoms with Gasteiger partial charge in [0.2, 0.25) is 15.9 Å². The normalized spacial score (nSPS) is 15.8. The van der Waals surface area contributed by atoms with E-state index in [1.165, 1.54) is 31.3 Å². The number of sulfonamides is 1. The van der Waals surface area contributed by atoms with Gasteiger partial charge in [-0.3, -0.25) is 4.79 Å². The third-order valence-corrected chi connectivity index (χ3v) is 5.14. The molecule has 20 heavy (non-hydrogen) atoms. The summed E-state index contributed by atoms with van der Waals surface area (Å²) in [5.74, 6) is -0.306. The van der Waals surface area contributed by atoms with Gasteiger partial charge >= 0.3 is 0 Å². The topological polar surface area (TPSA) is 77.9 Å². The summed E-state index contributed by atoms with van der Waals surface area (Å²) in [6.45, 7) is 1.20. The lowest BCUT2D eigenvalue weighted by Gasteiger charge is -2.21. The Hall–Kier alpha value is -1.60. The molecule has 0 atom stereocenters. The monoisotopic (exact) mass is 298 g/mol. The van der Waals surface area contributed by atoms with E-state index in [1.54, 1.807) is 4.90 Å². The number of phenolic OH excluding ortho intramolecular Hbond substituents is 1. The van der Waals surface area contributed by atoms with Crippen molar-refractivity contribution in [2.45, 2.75) is 17.7 Å². The highest BCUT2D eigenvalue weighted by molar-refractivity contribution is 7.89. The Balaban J connectivity index is 2.11. The highest BCUT2D eigenvalue weighted by Crippen LogP contribution is 2.19. The minimum absolute atomic E-state index is 0.0192. The lowest BCUT2D eigenvalue weighted by Crippen LogP contribution is -2.39. The van der Waals surface area contributed by atoms with Crippen molar-refractivity contribution in [2.24, 2.45) is 0 Å². The lowest BCUT2D eigenvalue weighted by molar-refractivity contribution is -0.130. The summed E-state index contributed by atoms with van der Waals surface area (Å²) in [6, 6.07) is 5.42. The Morgan fingerprint density at radius 3 is 2.60 bits per heavy atom. The molecule has 0 bridgehead atoms. The fourth-order valence-electron chi connectivity index (χ4n) is 2.17. The van der Waals surface area contributed by atoms with E-state index < -0.39 is 10.0 Å². The molecule has 110 valence electrons. The summed E-state index contributed by atoms with van der Waals surface area (Å²) in [5.41, 5.74) is 0. The number of benzene rings is 1. The van der Waals surface area contributed by atoms with Gasteiger partial charge in [0.15, 0.2) is 0 Å². The van der Waals surface area contributed by atoms with Crippen LogP contribution in [0.15, 0.2) is 29.2 Å². The van der Waals surface area contributed by atoms with Crippen LogP contribution in [0.25, 0.3) is 0 Å². The minimum atomic E-state index is -3.76. The molecule has 0 unspecified atom stereocenters. The standard InChI is InChI=1S/C13H18N2O4S/c1-14(10-13(17)15-7-2-3-8-15)20(18,19)12-6-4-5-11(16)9-12/h4-6,9,16H,2-3,7-8,10H2,1H3. The van der Waals surface area contributed by atoms with E-state index in [2.05, 4.69) is 0 Å². The first-order valence-corrected chi connectivity index (χ1v) is 7.88. The zero-order valence-corrected chi connectivity index (χ0v) is 12.1. The fraction of sp³-hybridized carbons (Fsp3) is 0.462. The van der Waals surface area contributed by atoms with Crippen LogP contribution in [-0.4, -0.2) is 55.3 Å². The number of rotatable bonds is 4. The molecule has 0 radical (unpaired) electrons. The van der Waals surface area contributed by atoms with E-state index in [0.29, 0.717) is 13.1 Å². The van der Waals surface area contributed by atoms with Crippen molar-refractivity contribution in [3.63, 3.8) is 0 Å². The third kappa shape index (κ3) is 3.10. The van der Waals surface area contributed by atoms with Crippen molar-refractivity contribution in [3.8, 4) is 5.75 Å². The van der Waals surface area contributed by atoms with Crippen LogP contribution in [0.3, 0.4) is 0 Å². The van der Waals surface area contributed by atoms with Gasteiger partial charge in [0, 0.05) is 20.1 Å². The van der Waals surface area contributed by atoms with Crippen LogP contribution in [0.4, 0.5) is 0 Å². The summed E-state index contributed by atoms with van der Waals surface area (Å²) in [5, 5.41) is 9.35. The molecule has 7 heteroatoms. The number of nitrogens with zero attached hydrogens (tertiary/aromatic N) is 2. The quantitative estimate of drug-likeness (QED) is 0.884. The fourth-order valence-corrected chi connectivity index (χ4v) is 3.33. The molecule has 1 saturated heterocycles. The van der Waals surface area contributed by atoms with Crippen LogP contribution < -0.4 is 0 Å². The van der Waals surface area contributed by atoms with Crippen molar-refractivity contribution in [1.29, 1.82) is 0 Å². The summed E-state index contributed by atoms with van der Waals surface area (Å²) in [7, 11) is -2.39. The first kappa shape index (κ1) is 14.8. The largest absolute Gasteiger partial charge is 0.508 e. The second-order valence-corrected chi connectivity index (χ2v) is 6.89. The van der Waals surface area contributed by atoms with E-state index in [4.69, 9.17) is 0 Å². The zero-order chi connectivity index (χ0) is 14.8. The van der Waals surface area contributed by atoms with E-state index in [1.807, 2.05) is 0 Å². The number of carbonyl (C=O) groups is 1. The number of phenols is 1. The number of hydrogen-bond acceptors (Lipinski definition) is 4. The van der Waals surface area contributed by atoms with Crippen molar-refractivity contribution < 1.29 is 18.3 Å². The molecule has 1 fully saturated rings. The van der Waals surface area contributed by atoms with E-state index in [0.717, 1.165) is 17.1 Å². The van der Waals surface area contributed by atoms with Crippen LogP contribution >= 0.6 is 0 Å². The number of likely N-dealkylation sites (N-methyl/N-ethyl adjacent to an activating group) is 1. The van der Waals surface area contributed by atoms with Gasteiger partial charge in [0.25, 0.3) is 0 Å². The van der Waals surface area contributed by atoms with Crippen LogP contribution in [-0.2, 0) is 14.8 Å². The Morgan fingerprint density at radius 2 is 2.00 bits per heavy atom. The van der Waals surface area contributed by atoms with Gasteiger partial charge in [-0.1, -0.05) is 6.07 Å². The lowest BCUT2D eigenvalue weighted by atomic mass is 10.3. The van der Waals surface area contributed by atoms with Gasteiger partial charge in [0.1, 0.15) is 5.75 Å². The molecule has 0 aliphatic carbocycles. The molecular formula is C13H18N2O4S. The predicted octanol–water partition coefficient (Wildman–Crippen LogP) is 0.635. The van der Waals surface area contributed by atoms with Gasteiger partial charge < -0.3 is 10.0 Å². The molecule has 1 heterocycles. The Morgan fingerprint density at radius 1 is 1.35 bits per heavy atom. The number of hydrogen-bond donors (Lipinski definition) is 1. The maximum atomic E-state index is 12.3. The molecule has 1 N–H and O–H groups in total. The van der Waals surface area contributed by atoms with Crippen molar-refractivity contribution in [3.05, 3.63) is 24.3 Å². The van der Waals surface area contributed by atoms with Crippen LogP contribution in [0.5, 0.6) is 5.75 Å². The molecule has 1 aromatic carbocycles. The Kier molecular flexibility index (Phi) is 4.29. The van der Waals surface area contributed by atoms with Crippen LogP contribution in [0, 0.1) is 0 Å². The molecule has 1 aromatic rings. The smallest absolute Gasteiger partial charge is 0.243 e. The average molecular weight is 298 g/mol. The molecule has 1 amide bonds. The second kappa shape index (κ2) is 5.80. The van der Waals surface area contributed by atoms with Crippen LogP contribution in [0.2, 0.25) is 0 Å². The Labute approximate surface area is 118 Å². The van der Waals surface area contributed by atoms with Crippen molar-refractivity contribution >= 4 is 15.9 Å². The van der Waals surface area contributed by atoms with Gasteiger partial charge in [-0.05, 0) is 31.0 Å². The molecule has 6 nitrogen and oxygen atoms in total. The van der Waals surface area contributed by atoms with Gasteiger partial charge in [-0.2, -0.15) is 4.31 Å². The van der Waals surface area contributed by atoms with Crippen molar-refractivity contribution in [1.82, 2.24) is 9.21 Å². The number of likely N-dealkylation sites (tertiary alicyclic amines) is 1. The summed E-state index contributed by atoms with van der Waals surface area (Å²) in [6.07, 6.45) is 1.93. The van der Waals surface area contributed by atoms with Gasteiger partial charge in [0.05, 0.1) is 11.4 Å². The predicted molar refractivity (Wildman–Crippen MR) is 73.7 cm³/mol. The molecular weight excluding hydrogens is 280 g/mol. The summed E-state index contributed by atoms with van der Waals surface area (Å²) >= 11 is 0. The molecule has 2 rings (SSSR count). The van der Waals surface area contributed by atoms with E-state index in [-0.39, 0.29) is 23.1 Å². The molecule has 1 aliphatic rings. The second-order valence-electron chi connectivity index (χ2n) is 4.85. The van der Waals surface area contributed by atoms with E-state index in [9.17, 15) is 18.3 Å². The van der Waals surface area contributed by atoms with E-state index >= 15 is 0 Å². The van der Waals surface area contributed by atoms with Crippen molar-refractivity contribution in [2.75, 3.05) is 26.7 Å². The third-order valence-electron chi connectivity index (χ3n) is 3.34. The van der Waals surface area contributed by atoms with Gasteiger partial charge in [-0.25, -0.2) is 8.42 Å².